The summed E-state index contributed by atoms with van der Waals surface area (Å²) in [6, 6.07) is 3.68. The standard InChI is InChI=1S/C10H12F3N3/c1-16(2)6-3-4-7(9(14)15)8(5-6)10(11,12)13/h3-5H,1-2H3,(H3,14,15). The highest BCUT2D eigenvalue weighted by molar-refractivity contribution is 5.97. The number of nitrogen functional groups attached to an aromatic ring is 1. The van der Waals surface area contributed by atoms with Gasteiger partial charge in [0.2, 0.25) is 0 Å². The molecule has 0 heterocycles. The lowest BCUT2D eigenvalue weighted by atomic mass is 10.0. The van der Waals surface area contributed by atoms with Gasteiger partial charge in [0, 0.05) is 25.3 Å². The van der Waals surface area contributed by atoms with E-state index in [1.807, 2.05) is 0 Å². The van der Waals surface area contributed by atoms with Crippen LogP contribution >= 0.6 is 0 Å². The molecule has 0 aliphatic heterocycles. The zero-order valence-electron chi connectivity index (χ0n) is 8.89. The van der Waals surface area contributed by atoms with E-state index < -0.39 is 17.6 Å². The lowest BCUT2D eigenvalue weighted by molar-refractivity contribution is -0.137. The molecule has 3 nitrogen and oxygen atoms in total. The molecule has 88 valence electrons. The molecule has 16 heavy (non-hydrogen) atoms. The van der Waals surface area contributed by atoms with Gasteiger partial charge in [0.15, 0.2) is 0 Å². The third-order valence-electron chi connectivity index (χ3n) is 2.12. The first-order valence-electron chi connectivity index (χ1n) is 4.46. The van der Waals surface area contributed by atoms with Gasteiger partial charge in [-0.15, -0.1) is 0 Å². The minimum absolute atomic E-state index is 0.293. The topological polar surface area (TPSA) is 53.1 Å². The normalized spacial score (nSPS) is 11.3. The van der Waals surface area contributed by atoms with Gasteiger partial charge in [-0.3, -0.25) is 5.41 Å². The highest BCUT2D eigenvalue weighted by Crippen LogP contribution is 2.34. The lowest BCUT2D eigenvalue weighted by Crippen LogP contribution is -2.20. The number of nitrogens with one attached hydrogen (secondary N) is 1. The number of amidine groups is 1. The second-order valence-corrected chi connectivity index (χ2v) is 3.54. The molecule has 1 rings (SSSR count). The maximum absolute atomic E-state index is 12.7. The summed E-state index contributed by atoms with van der Waals surface area (Å²) in [6.45, 7) is 0. The molecule has 1 aromatic rings. The molecule has 0 atom stereocenters. The zero-order valence-corrected chi connectivity index (χ0v) is 8.89. The van der Waals surface area contributed by atoms with E-state index in [-0.39, 0.29) is 5.56 Å². The molecule has 0 saturated carbocycles. The Hall–Kier alpha value is -1.72. The lowest BCUT2D eigenvalue weighted by Gasteiger charge is -2.17. The maximum Gasteiger partial charge on any atom is 0.417 e. The third kappa shape index (κ3) is 2.44. The Morgan fingerprint density at radius 3 is 2.25 bits per heavy atom. The van der Waals surface area contributed by atoms with E-state index in [9.17, 15) is 13.2 Å². The molecule has 0 radical (unpaired) electrons. The Morgan fingerprint density at radius 2 is 1.88 bits per heavy atom. The molecule has 0 aliphatic rings. The fraction of sp³-hybridized carbons (Fsp3) is 0.300. The number of nitrogens with two attached hydrogens (primary N) is 1. The van der Waals surface area contributed by atoms with Crippen LogP contribution in [0, 0.1) is 5.41 Å². The van der Waals surface area contributed by atoms with Crippen LogP contribution < -0.4 is 10.6 Å². The first-order chi connectivity index (χ1) is 7.23. The van der Waals surface area contributed by atoms with Crippen molar-refractivity contribution in [2.75, 3.05) is 19.0 Å². The average molecular weight is 231 g/mol. The SMILES string of the molecule is CN(C)c1ccc(C(=N)N)c(C(F)(F)F)c1. The van der Waals surface area contributed by atoms with Crippen molar-refractivity contribution < 1.29 is 13.2 Å². The molecule has 0 fully saturated rings. The van der Waals surface area contributed by atoms with Crippen LogP contribution in [0.1, 0.15) is 11.1 Å². The summed E-state index contributed by atoms with van der Waals surface area (Å²) < 4.78 is 38.0. The van der Waals surface area contributed by atoms with Gasteiger partial charge in [-0.05, 0) is 18.2 Å². The van der Waals surface area contributed by atoms with Gasteiger partial charge in [0.1, 0.15) is 5.84 Å². The maximum atomic E-state index is 12.7. The highest BCUT2D eigenvalue weighted by Gasteiger charge is 2.34. The molecule has 0 amide bonds. The van der Waals surface area contributed by atoms with Crippen LogP contribution in [0.3, 0.4) is 0 Å². The van der Waals surface area contributed by atoms with Crippen LogP contribution in [0.15, 0.2) is 18.2 Å². The first kappa shape index (κ1) is 12.4. The fourth-order valence-electron chi connectivity index (χ4n) is 1.28. The van der Waals surface area contributed by atoms with Gasteiger partial charge in [0.25, 0.3) is 0 Å². The van der Waals surface area contributed by atoms with Gasteiger partial charge < -0.3 is 10.6 Å². The van der Waals surface area contributed by atoms with E-state index in [0.717, 1.165) is 6.07 Å². The molecule has 0 unspecified atom stereocenters. The van der Waals surface area contributed by atoms with Gasteiger partial charge >= 0.3 is 6.18 Å². The Labute approximate surface area is 91.2 Å². The predicted octanol–water partition coefficient (Wildman–Crippen LogP) is 2.06. The molecule has 0 aliphatic carbocycles. The van der Waals surface area contributed by atoms with Crippen LogP contribution in [-0.2, 0) is 6.18 Å². The van der Waals surface area contributed by atoms with Crippen molar-refractivity contribution in [2.45, 2.75) is 6.18 Å². The Kier molecular flexibility index (Phi) is 3.11. The van der Waals surface area contributed by atoms with E-state index in [0.29, 0.717) is 5.69 Å². The Bertz CT molecular complexity index is 410. The number of rotatable bonds is 2. The van der Waals surface area contributed by atoms with Crippen molar-refractivity contribution in [1.29, 1.82) is 5.41 Å². The second kappa shape index (κ2) is 4.03. The van der Waals surface area contributed by atoms with Crippen LogP contribution in [-0.4, -0.2) is 19.9 Å². The number of hydrogen-bond acceptors (Lipinski definition) is 2. The van der Waals surface area contributed by atoms with Gasteiger partial charge in [0.05, 0.1) is 5.56 Å². The molecule has 0 aromatic heterocycles. The average Bonchev–Trinajstić information content (AvgIpc) is 2.15. The van der Waals surface area contributed by atoms with E-state index in [1.54, 1.807) is 19.0 Å². The van der Waals surface area contributed by atoms with Gasteiger partial charge in [-0.2, -0.15) is 13.2 Å². The van der Waals surface area contributed by atoms with Crippen LogP contribution in [0.25, 0.3) is 0 Å². The monoisotopic (exact) mass is 231 g/mol. The molecule has 0 saturated heterocycles. The molecule has 1 aromatic carbocycles. The van der Waals surface area contributed by atoms with Crippen molar-refractivity contribution in [1.82, 2.24) is 0 Å². The first-order valence-corrected chi connectivity index (χ1v) is 4.46. The number of anilines is 1. The summed E-state index contributed by atoms with van der Waals surface area (Å²) in [4.78, 5) is 1.55. The van der Waals surface area contributed by atoms with Crippen molar-refractivity contribution >= 4 is 11.5 Å². The minimum atomic E-state index is -4.51. The summed E-state index contributed by atoms with van der Waals surface area (Å²) in [6.07, 6.45) is -4.51. The number of hydrogen-bond donors (Lipinski definition) is 2. The molecule has 3 N–H and O–H groups in total. The number of alkyl halides is 3. The molecular weight excluding hydrogens is 219 g/mol. The summed E-state index contributed by atoms with van der Waals surface area (Å²) in [7, 11) is 3.28. The molecule has 0 spiro atoms. The number of benzene rings is 1. The summed E-state index contributed by atoms with van der Waals surface area (Å²) >= 11 is 0. The van der Waals surface area contributed by atoms with Crippen LogP contribution in [0.2, 0.25) is 0 Å². The molecule has 6 heteroatoms. The Balaban J connectivity index is 3.39. The fourth-order valence-corrected chi connectivity index (χ4v) is 1.28. The van der Waals surface area contributed by atoms with Crippen molar-refractivity contribution in [3.8, 4) is 0 Å². The predicted molar refractivity (Wildman–Crippen MR) is 56.8 cm³/mol. The minimum Gasteiger partial charge on any atom is -0.384 e. The van der Waals surface area contributed by atoms with Crippen molar-refractivity contribution in [2.24, 2.45) is 5.73 Å². The quantitative estimate of drug-likeness (QED) is 0.604. The van der Waals surface area contributed by atoms with E-state index in [2.05, 4.69) is 0 Å². The Morgan fingerprint density at radius 1 is 1.31 bits per heavy atom. The highest BCUT2D eigenvalue weighted by atomic mass is 19.4. The third-order valence-corrected chi connectivity index (χ3v) is 2.12. The smallest absolute Gasteiger partial charge is 0.384 e. The molecular formula is C10H12F3N3. The van der Waals surface area contributed by atoms with Crippen LogP contribution in [0.4, 0.5) is 18.9 Å². The van der Waals surface area contributed by atoms with Crippen LogP contribution in [0.5, 0.6) is 0 Å². The van der Waals surface area contributed by atoms with E-state index in [4.69, 9.17) is 11.1 Å². The number of halogens is 3. The zero-order chi connectivity index (χ0) is 12.5. The van der Waals surface area contributed by atoms with Gasteiger partial charge in [-0.1, -0.05) is 0 Å². The summed E-state index contributed by atoms with van der Waals surface area (Å²) in [5.74, 6) is -0.586. The van der Waals surface area contributed by atoms with Crippen molar-refractivity contribution in [3.05, 3.63) is 29.3 Å². The summed E-state index contributed by atoms with van der Waals surface area (Å²) in [5, 5.41) is 7.10. The van der Waals surface area contributed by atoms with E-state index >= 15 is 0 Å². The molecule has 0 bridgehead atoms. The number of nitrogens with zero attached hydrogens (tertiary/aromatic N) is 1. The largest absolute Gasteiger partial charge is 0.417 e. The van der Waals surface area contributed by atoms with Gasteiger partial charge in [-0.25, -0.2) is 0 Å². The summed E-state index contributed by atoms with van der Waals surface area (Å²) in [5.41, 5.74) is 4.34. The second-order valence-electron chi connectivity index (χ2n) is 3.54. The van der Waals surface area contributed by atoms with Crippen molar-refractivity contribution in [3.63, 3.8) is 0 Å². The van der Waals surface area contributed by atoms with E-state index in [1.165, 1.54) is 12.1 Å².